The van der Waals surface area contributed by atoms with E-state index in [1.54, 1.807) is 0 Å². The fourth-order valence-electron chi connectivity index (χ4n) is 7.73. The van der Waals surface area contributed by atoms with Gasteiger partial charge in [0.05, 0.1) is 0 Å². The van der Waals surface area contributed by atoms with Crippen molar-refractivity contribution in [3.63, 3.8) is 0 Å². The summed E-state index contributed by atoms with van der Waals surface area (Å²) in [7, 11) is 0. The molecule has 0 aromatic heterocycles. The average molecular weight is 960 g/mol. The molecule has 0 aromatic carbocycles. The highest BCUT2D eigenvalue weighted by atomic mass is 16.6. The van der Waals surface area contributed by atoms with Gasteiger partial charge < -0.3 is 14.2 Å². The van der Waals surface area contributed by atoms with Crippen LogP contribution in [0.4, 0.5) is 0 Å². The SMILES string of the molecule is CC/C=C\C/C=C\C/C=C\C/C=C\CCCCCCC(=O)OC[C@H](COC(=O)CCCCCCCCCCC/C=C\C/C=C\CCCCC)OC(=O)CCCCCCC/C=C\C/C=C\CCCCC. The van der Waals surface area contributed by atoms with Gasteiger partial charge in [0.25, 0.3) is 0 Å². The maximum absolute atomic E-state index is 12.8. The highest BCUT2D eigenvalue weighted by Gasteiger charge is 2.19. The van der Waals surface area contributed by atoms with Gasteiger partial charge in [0.2, 0.25) is 0 Å². The maximum atomic E-state index is 12.8. The summed E-state index contributed by atoms with van der Waals surface area (Å²) in [5.74, 6) is -0.933. The number of ether oxygens (including phenoxy) is 3. The van der Waals surface area contributed by atoms with Crippen molar-refractivity contribution in [2.24, 2.45) is 0 Å². The molecule has 0 saturated heterocycles. The number of carbonyl (C=O) groups is 3. The van der Waals surface area contributed by atoms with Crippen LogP contribution in [0, 0.1) is 0 Å². The number of esters is 3. The molecule has 0 radical (unpaired) electrons. The van der Waals surface area contributed by atoms with Crippen molar-refractivity contribution in [1.82, 2.24) is 0 Å². The van der Waals surface area contributed by atoms with Crippen LogP contribution in [-0.4, -0.2) is 37.2 Å². The third-order valence-corrected chi connectivity index (χ3v) is 12.0. The molecule has 1 atom stereocenters. The summed E-state index contributed by atoms with van der Waals surface area (Å²) in [6.07, 6.45) is 75.3. The zero-order chi connectivity index (χ0) is 50.0. The number of hydrogen-bond acceptors (Lipinski definition) is 6. The van der Waals surface area contributed by atoms with Crippen molar-refractivity contribution in [1.29, 1.82) is 0 Å². The second-order valence-electron chi connectivity index (χ2n) is 18.8. The molecule has 0 saturated carbocycles. The molecule has 0 fully saturated rings. The second kappa shape index (κ2) is 56.9. The van der Waals surface area contributed by atoms with Crippen LogP contribution in [-0.2, 0) is 28.6 Å². The smallest absolute Gasteiger partial charge is 0.306 e. The Morgan fingerprint density at radius 1 is 0.304 bits per heavy atom. The van der Waals surface area contributed by atoms with Crippen LogP contribution >= 0.6 is 0 Å². The second-order valence-corrected chi connectivity index (χ2v) is 18.8. The Kier molecular flexibility index (Phi) is 53.9. The van der Waals surface area contributed by atoms with Gasteiger partial charge in [0.1, 0.15) is 13.2 Å². The molecular weight excluding hydrogens is 853 g/mol. The van der Waals surface area contributed by atoms with Gasteiger partial charge in [-0.15, -0.1) is 0 Å². The monoisotopic (exact) mass is 959 g/mol. The van der Waals surface area contributed by atoms with E-state index in [9.17, 15) is 14.4 Å². The number of carbonyl (C=O) groups excluding carboxylic acids is 3. The van der Waals surface area contributed by atoms with Gasteiger partial charge in [-0.3, -0.25) is 14.4 Å². The molecule has 0 N–H and O–H groups in total. The van der Waals surface area contributed by atoms with Crippen molar-refractivity contribution in [3.05, 3.63) is 97.2 Å². The Balaban J connectivity index is 4.44. The number of hydrogen-bond donors (Lipinski definition) is 0. The largest absolute Gasteiger partial charge is 0.462 e. The van der Waals surface area contributed by atoms with E-state index < -0.39 is 6.10 Å². The van der Waals surface area contributed by atoms with Crippen LogP contribution in [0.3, 0.4) is 0 Å². The first kappa shape index (κ1) is 65.3. The predicted molar refractivity (Wildman–Crippen MR) is 297 cm³/mol. The normalized spacial score (nSPS) is 12.8. The summed E-state index contributed by atoms with van der Waals surface area (Å²) >= 11 is 0. The molecule has 0 aliphatic carbocycles. The summed E-state index contributed by atoms with van der Waals surface area (Å²) in [5, 5.41) is 0. The zero-order valence-corrected chi connectivity index (χ0v) is 45.0. The van der Waals surface area contributed by atoms with Gasteiger partial charge in [0, 0.05) is 19.3 Å². The molecule has 394 valence electrons. The Morgan fingerprint density at radius 3 is 0.884 bits per heavy atom. The number of allylic oxidation sites excluding steroid dienone is 16. The molecule has 69 heavy (non-hydrogen) atoms. The standard InChI is InChI=1S/C63H106O6/c1-4-7-10-13-16-19-22-25-28-30-31-33-36-38-41-44-47-50-53-56-62(65)68-59-60(69-63(66)57-54-51-48-45-42-39-34-27-24-21-18-15-12-9-6-3)58-67-61(64)55-52-49-46-43-40-37-35-32-29-26-23-20-17-14-11-8-5-2/h8,11,16-21,25-29,34-35,37,60H,4-7,9-10,12-15,22-24,30-33,36,38-59H2,1-3H3/b11-8-,19-16-,20-17-,21-18-,28-25-,29-26-,34-27-,37-35-/t60-/m1/s1. The van der Waals surface area contributed by atoms with Crippen molar-refractivity contribution in [2.75, 3.05) is 13.2 Å². The molecule has 0 rings (SSSR count). The first-order chi connectivity index (χ1) is 34.0. The molecule has 0 heterocycles. The molecule has 0 amide bonds. The van der Waals surface area contributed by atoms with Gasteiger partial charge in [0.15, 0.2) is 6.10 Å². The molecule has 0 unspecified atom stereocenters. The van der Waals surface area contributed by atoms with E-state index in [1.807, 2.05) is 0 Å². The molecule has 0 bridgehead atoms. The van der Waals surface area contributed by atoms with Crippen molar-refractivity contribution in [3.8, 4) is 0 Å². The maximum Gasteiger partial charge on any atom is 0.306 e. The Morgan fingerprint density at radius 2 is 0.565 bits per heavy atom. The predicted octanol–water partition coefficient (Wildman–Crippen LogP) is 19.3. The lowest BCUT2D eigenvalue weighted by molar-refractivity contribution is -0.167. The molecule has 0 aliphatic heterocycles. The van der Waals surface area contributed by atoms with Crippen LogP contribution in [0.5, 0.6) is 0 Å². The van der Waals surface area contributed by atoms with Crippen LogP contribution in [0.15, 0.2) is 97.2 Å². The van der Waals surface area contributed by atoms with Gasteiger partial charge in [-0.25, -0.2) is 0 Å². The summed E-state index contributed by atoms with van der Waals surface area (Å²) < 4.78 is 16.8. The van der Waals surface area contributed by atoms with Gasteiger partial charge in [-0.2, -0.15) is 0 Å². The third-order valence-electron chi connectivity index (χ3n) is 12.0. The zero-order valence-electron chi connectivity index (χ0n) is 45.0. The lowest BCUT2D eigenvalue weighted by atomic mass is 10.1. The summed E-state index contributed by atoms with van der Waals surface area (Å²) in [4.78, 5) is 38.2. The topological polar surface area (TPSA) is 78.9 Å². The van der Waals surface area contributed by atoms with E-state index in [1.165, 1.54) is 96.3 Å². The van der Waals surface area contributed by atoms with E-state index in [0.29, 0.717) is 19.3 Å². The molecule has 0 aliphatic rings. The van der Waals surface area contributed by atoms with Crippen LogP contribution in [0.2, 0.25) is 0 Å². The molecule has 6 heteroatoms. The van der Waals surface area contributed by atoms with Crippen LogP contribution < -0.4 is 0 Å². The quantitative estimate of drug-likeness (QED) is 0.0262. The van der Waals surface area contributed by atoms with Gasteiger partial charge in [-0.05, 0) is 122 Å². The molecule has 0 aromatic rings. The summed E-state index contributed by atoms with van der Waals surface area (Å²) in [5.41, 5.74) is 0. The van der Waals surface area contributed by atoms with Crippen LogP contribution in [0.25, 0.3) is 0 Å². The highest BCUT2D eigenvalue weighted by molar-refractivity contribution is 5.71. The Bertz CT molecular complexity index is 1380. The van der Waals surface area contributed by atoms with E-state index in [4.69, 9.17) is 14.2 Å². The molecular formula is C63H106O6. The molecule has 0 spiro atoms. The fourth-order valence-corrected chi connectivity index (χ4v) is 7.73. The molecule has 6 nitrogen and oxygen atoms in total. The Labute approximate surface area is 426 Å². The van der Waals surface area contributed by atoms with Gasteiger partial charge in [-0.1, -0.05) is 221 Å². The Hall–Kier alpha value is -3.67. The summed E-state index contributed by atoms with van der Waals surface area (Å²) in [6.45, 7) is 6.45. The number of unbranched alkanes of at least 4 members (excludes halogenated alkanes) is 24. The van der Waals surface area contributed by atoms with Crippen molar-refractivity contribution >= 4 is 17.9 Å². The first-order valence-corrected chi connectivity index (χ1v) is 28.7. The van der Waals surface area contributed by atoms with E-state index in [-0.39, 0.29) is 31.1 Å². The minimum absolute atomic E-state index is 0.0940. The van der Waals surface area contributed by atoms with E-state index in [2.05, 4.69) is 118 Å². The van der Waals surface area contributed by atoms with E-state index >= 15 is 0 Å². The number of rotatable bonds is 51. The van der Waals surface area contributed by atoms with Gasteiger partial charge >= 0.3 is 17.9 Å². The summed E-state index contributed by atoms with van der Waals surface area (Å²) in [6, 6.07) is 0. The minimum Gasteiger partial charge on any atom is -0.462 e. The fraction of sp³-hybridized carbons (Fsp3) is 0.698. The third kappa shape index (κ3) is 55.1. The van der Waals surface area contributed by atoms with Crippen LogP contribution in [0.1, 0.15) is 265 Å². The minimum atomic E-state index is -0.798. The lowest BCUT2D eigenvalue weighted by Crippen LogP contribution is -2.30. The first-order valence-electron chi connectivity index (χ1n) is 28.7. The highest BCUT2D eigenvalue weighted by Crippen LogP contribution is 2.14. The lowest BCUT2D eigenvalue weighted by Gasteiger charge is -2.18. The van der Waals surface area contributed by atoms with Crippen molar-refractivity contribution < 1.29 is 28.6 Å². The average Bonchev–Trinajstić information content (AvgIpc) is 3.35. The van der Waals surface area contributed by atoms with E-state index in [0.717, 1.165) is 128 Å². The van der Waals surface area contributed by atoms with Crippen molar-refractivity contribution in [2.45, 2.75) is 271 Å².